The lowest BCUT2D eigenvalue weighted by molar-refractivity contribution is -0.119. The molecular formula is C19H17ClN4O3S. The second-order valence-electron chi connectivity index (χ2n) is 6.35. The van der Waals surface area contributed by atoms with Crippen LogP contribution in [0.25, 0.3) is 11.4 Å². The van der Waals surface area contributed by atoms with E-state index in [4.69, 9.17) is 16.1 Å². The van der Waals surface area contributed by atoms with Crippen molar-refractivity contribution in [2.45, 2.75) is 25.8 Å². The maximum atomic E-state index is 12.0. The minimum absolute atomic E-state index is 0.127. The Hall–Kier alpha value is -2.71. The number of carbonyl (C=O) groups excluding carboxylic acids is 2. The minimum atomic E-state index is -0.243. The largest absolute Gasteiger partial charge is 0.342 e. The number of amides is 2. The van der Waals surface area contributed by atoms with Crippen LogP contribution in [0, 0.1) is 0 Å². The second-order valence-corrected chi connectivity index (χ2v) is 8.06. The van der Waals surface area contributed by atoms with Gasteiger partial charge in [-0.05, 0) is 49.2 Å². The standard InChI is InChI=1S/C19H17ClN4O3S/c20-15-9-8-14(28-15)19(26)21-11-16-22-18(23-27-16)12-4-6-13(7-5-12)24-10-2-1-3-17(24)25/h4-9H,1-3,10-11H2,(H,21,26). The summed E-state index contributed by atoms with van der Waals surface area (Å²) in [6.07, 6.45) is 2.57. The van der Waals surface area contributed by atoms with E-state index in [2.05, 4.69) is 15.5 Å². The zero-order valence-corrected chi connectivity index (χ0v) is 16.4. The van der Waals surface area contributed by atoms with Crippen molar-refractivity contribution >= 4 is 40.4 Å². The Bertz CT molecular complexity index is 999. The van der Waals surface area contributed by atoms with Crippen molar-refractivity contribution in [3.8, 4) is 11.4 Å². The summed E-state index contributed by atoms with van der Waals surface area (Å²) >= 11 is 7.04. The third kappa shape index (κ3) is 4.07. The molecule has 1 aliphatic rings. The second kappa shape index (κ2) is 8.12. The van der Waals surface area contributed by atoms with Gasteiger partial charge in [0.15, 0.2) is 0 Å². The first kappa shape index (κ1) is 18.6. The first-order valence-corrected chi connectivity index (χ1v) is 10.1. The van der Waals surface area contributed by atoms with E-state index in [1.54, 1.807) is 17.0 Å². The molecule has 0 unspecified atom stereocenters. The van der Waals surface area contributed by atoms with E-state index in [1.807, 2.05) is 24.3 Å². The summed E-state index contributed by atoms with van der Waals surface area (Å²) in [5.74, 6) is 0.650. The molecule has 1 N–H and O–H groups in total. The summed E-state index contributed by atoms with van der Waals surface area (Å²) in [5.41, 5.74) is 1.65. The summed E-state index contributed by atoms with van der Waals surface area (Å²) in [7, 11) is 0. The Kier molecular flexibility index (Phi) is 5.40. The van der Waals surface area contributed by atoms with Gasteiger partial charge in [-0.25, -0.2) is 0 Å². The van der Waals surface area contributed by atoms with E-state index >= 15 is 0 Å². The molecule has 2 amide bonds. The van der Waals surface area contributed by atoms with Crippen molar-refractivity contribution in [2.75, 3.05) is 11.4 Å². The van der Waals surface area contributed by atoms with Crippen molar-refractivity contribution in [2.24, 2.45) is 0 Å². The van der Waals surface area contributed by atoms with Crippen LogP contribution in [-0.2, 0) is 11.3 Å². The molecule has 0 bridgehead atoms. The number of benzene rings is 1. The van der Waals surface area contributed by atoms with E-state index in [0.29, 0.717) is 27.3 Å². The van der Waals surface area contributed by atoms with Crippen molar-refractivity contribution < 1.29 is 14.1 Å². The van der Waals surface area contributed by atoms with E-state index in [0.717, 1.165) is 30.6 Å². The predicted octanol–water partition coefficient (Wildman–Crippen LogP) is 3.90. The van der Waals surface area contributed by atoms with Gasteiger partial charge < -0.3 is 14.7 Å². The van der Waals surface area contributed by atoms with Crippen LogP contribution in [0.1, 0.15) is 34.8 Å². The minimum Gasteiger partial charge on any atom is -0.342 e. The smallest absolute Gasteiger partial charge is 0.261 e. The molecule has 28 heavy (non-hydrogen) atoms. The van der Waals surface area contributed by atoms with Gasteiger partial charge in [-0.15, -0.1) is 11.3 Å². The maximum absolute atomic E-state index is 12.0. The van der Waals surface area contributed by atoms with Crippen LogP contribution in [0.4, 0.5) is 5.69 Å². The van der Waals surface area contributed by atoms with Crippen LogP contribution in [-0.4, -0.2) is 28.5 Å². The topological polar surface area (TPSA) is 88.3 Å². The summed E-state index contributed by atoms with van der Waals surface area (Å²) < 4.78 is 5.77. The number of nitrogens with one attached hydrogen (secondary N) is 1. The number of hydrogen-bond donors (Lipinski definition) is 1. The van der Waals surface area contributed by atoms with Crippen LogP contribution < -0.4 is 10.2 Å². The van der Waals surface area contributed by atoms with Crippen molar-refractivity contribution in [1.29, 1.82) is 0 Å². The maximum Gasteiger partial charge on any atom is 0.261 e. The van der Waals surface area contributed by atoms with Crippen LogP contribution in [0.3, 0.4) is 0 Å². The number of aromatic nitrogens is 2. The van der Waals surface area contributed by atoms with E-state index in [-0.39, 0.29) is 18.4 Å². The lowest BCUT2D eigenvalue weighted by Gasteiger charge is -2.26. The monoisotopic (exact) mass is 416 g/mol. The Morgan fingerprint density at radius 2 is 2.04 bits per heavy atom. The Labute approximate surface area is 170 Å². The Morgan fingerprint density at radius 3 is 2.75 bits per heavy atom. The van der Waals surface area contributed by atoms with Crippen LogP contribution in [0.15, 0.2) is 40.9 Å². The van der Waals surface area contributed by atoms with E-state index < -0.39 is 0 Å². The highest BCUT2D eigenvalue weighted by Crippen LogP contribution is 2.25. The van der Waals surface area contributed by atoms with Gasteiger partial charge in [-0.1, -0.05) is 16.8 Å². The number of hydrogen-bond acceptors (Lipinski definition) is 6. The van der Waals surface area contributed by atoms with Crippen LogP contribution >= 0.6 is 22.9 Å². The summed E-state index contributed by atoms with van der Waals surface area (Å²) in [6, 6.07) is 10.8. The van der Waals surface area contributed by atoms with Gasteiger partial charge in [-0.3, -0.25) is 9.59 Å². The molecule has 1 aromatic carbocycles. The number of nitrogens with zero attached hydrogens (tertiary/aromatic N) is 3. The zero-order valence-electron chi connectivity index (χ0n) is 14.9. The van der Waals surface area contributed by atoms with Gasteiger partial charge in [0.1, 0.15) is 0 Å². The number of piperidine rings is 1. The molecule has 1 fully saturated rings. The van der Waals surface area contributed by atoms with Crippen LogP contribution in [0.5, 0.6) is 0 Å². The fourth-order valence-electron chi connectivity index (χ4n) is 2.99. The zero-order chi connectivity index (χ0) is 19.5. The van der Waals surface area contributed by atoms with Crippen molar-refractivity contribution in [3.05, 3.63) is 51.5 Å². The predicted molar refractivity (Wildman–Crippen MR) is 106 cm³/mol. The molecule has 2 aromatic heterocycles. The van der Waals surface area contributed by atoms with E-state index in [9.17, 15) is 9.59 Å². The molecule has 144 valence electrons. The molecule has 0 spiro atoms. The molecule has 3 aromatic rings. The number of anilines is 1. The summed E-state index contributed by atoms with van der Waals surface area (Å²) in [4.78, 5) is 30.7. The molecule has 0 aliphatic carbocycles. The van der Waals surface area contributed by atoms with Gasteiger partial charge in [-0.2, -0.15) is 4.98 Å². The molecule has 0 radical (unpaired) electrons. The van der Waals surface area contributed by atoms with Gasteiger partial charge in [0.05, 0.1) is 15.8 Å². The van der Waals surface area contributed by atoms with Gasteiger partial charge in [0.2, 0.25) is 17.6 Å². The molecule has 1 saturated heterocycles. The van der Waals surface area contributed by atoms with Gasteiger partial charge >= 0.3 is 0 Å². The third-order valence-corrected chi connectivity index (χ3v) is 5.66. The summed E-state index contributed by atoms with van der Waals surface area (Å²) in [6.45, 7) is 0.876. The number of thiophene rings is 1. The quantitative estimate of drug-likeness (QED) is 0.681. The highest BCUT2D eigenvalue weighted by molar-refractivity contribution is 7.17. The average Bonchev–Trinajstić information content (AvgIpc) is 3.36. The summed E-state index contributed by atoms with van der Waals surface area (Å²) in [5, 5.41) is 6.68. The molecule has 1 aliphatic heterocycles. The van der Waals surface area contributed by atoms with Crippen LogP contribution in [0.2, 0.25) is 4.34 Å². The Balaban J connectivity index is 1.39. The lowest BCUT2D eigenvalue weighted by Crippen LogP contribution is -2.35. The normalized spacial score (nSPS) is 14.3. The molecule has 0 atom stereocenters. The van der Waals surface area contributed by atoms with Gasteiger partial charge in [0.25, 0.3) is 5.91 Å². The molecule has 9 heteroatoms. The highest BCUT2D eigenvalue weighted by atomic mass is 35.5. The molecule has 4 rings (SSSR count). The SMILES string of the molecule is O=C(NCc1nc(-c2ccc(N3CCCCC3=O)cc2)no1)c1ccc(Cl)s1. The lowest BCUT2D eigenvalue weighted by atomic mass is 10.1. The molecule has 3 heterocycles. The molecule has 7 nitrogen and oxygen atoms in total. The highest BCUT2D eigenvalue weighted by Gasteiger charge is 2.20. The fraction of sp³-hybridized carbons (Fsp3) is 0.263. The number of rotatable bonds is 5. The first-order valence-electron chi connectivity index (χ1n) is 8.87. The Morgan fingerprint density at radius 1 is 1.21 bits per heavy atom. The van der Waals surface area contributed by atoms with E-state index in [1.165, 1.54) is 11.3 Å². The molecular weight excluding hydrogens is 400 g/mol. The third-order valence-electron chi connectivity index (χ3n) is 4.43. The average molecular weight is 417 g/mol. The number of carbonyl (C=O) groups is 2. The van der Waals surface area contributed by atoms with Gasteiger partial charge in [0, 0.05) is 24.2 Å². The molecule has 0 saturated carbocycles. The first-order chi connectivity index (χ1) is 13.6. The fourth-order valence-corrected chi connectivity index (χ4v) is 3.95. The van der Waals surface area contributed by atoms with Crippen molar-refractivity contribution in [1.82, 2.24) is 15.5 Å². The number of halogens is 1. The van der Waals surface area contributed by atoms with Crippen molar-refractivity contribution in [3.63, 3.8) is 0 Å².